The molecule has 2 atom stereocenters. The van der Waals surface area contributed by atoms with Crippen LogP contribution < -0.4 is 10.6 Å². The van der Waals surface area contributed by atoms with Crippen LogP contribution in [0.15, 0.2) is 72.1 Å². The average molecular weight is 486 g/mol. The molecule has 2 amide bonds. The molecule has 9 heteroatoms. The zero-order valence-electron chi connectivity index (χ0n) is 19.0. The Bertz CT molecular complexity index is 1090. The van der Waals surface area contributed by atoms with Gasteiger partial charge in [-0.2, -0.15) is 4.31 Å². The molecule has 0 aliphatic carbocycles. The van der Waals surface area contributed by atoms with E-state index in [1.165, 1.54) is 34.1 Å². The zero-order chi connectivity index (χ0) is 24.6. The van der Waals surface area contributed by atoms with E-state index in [2.05, 4.69) is 29.3 Å². The minimum absolute atomic E-state index is 0.0288. The van der Waals surface area contributed by atoms with Gasteiger partial charge in [0.15, 0.2) is 0 Å². The molecule has 1 fully saturated rings. The molecule has 1 aliphatic rings. The van der Waals surface area contributed by atoms with Crippen molar-refractivity contribution in [3.05, 3.63) is 78.4 Å². The Balaban J connectivity index is 1.54. The molecule has 1 aliphatic heterocycles. The van der Waals surface area contributed by atoms with E-state index in [-0.39, 0.29) is 24.0 Å². The molecular formula is C25H31N3O5S. The van der Waals surface area contributed by atoms with Crippen LogP contribution in [0.5, 0.6) is 0 Å². The minimum atomic E-state index is -3.90. The number of nitrogens with one attached hydrogen (secondary N) is 2. The van der Waals surface area contributed by atoms with Crippen LogP contribution in [-0.2, 0) is 21.2 Å². The Morgan fingerprint density at radius 3 is 2.44 bits per heavy atom. The summed E-state index contributed by atoms with van der Waals surface area (Å²) in [5.74, 6) is -0.651. The molecule has 2 aromatic carbocycles. The van der Waals surface area contributed by atoms with Gasteiger partial charge in [-0.25, -0.2) is 8.42 Å². The topological polar surface area (TPSA) is 116 Å². The molecule has 0 radical (unpaired) electrons. The second-order valence-corrected chi connectivity index (χ2v) is 10.2. The molecule has 182 valence electrons. The second-order valence-electron chi connectivity index (χ2n) is 8.28. The lowest BCUT2D eigenvalue weighted by atomic mass is 10.1. The quantitative estimate of drug-likeness (QED) is 0.332. The predicted octanol–water partition coefficient (Wildman–Crippen LogP) is 1.87. The highest BCUT2D eigenvalue weighted by atomic mass is 32.2. The Morgan fingerprint density at radius 1 is 1.09 bits per heavy atom. The Kier molecular flexibility index (Phi) is 8.98. The summed E-state index contributed by atoms with van der Waals surface area (Å²) in [6.45, 7) is 3.63. The van der Waals surface area contributed by atoms with Crippen LogP contribution in [0, 0.1) is 0 Å². The first-order chi connectivity index (χ1) is 16.3. The largest absolute Gasteiger partial charge is 0.395 e. The lowest BCUT2D eigenvalue weighted by molar-refractivity contribution is -0.117. The maximum atomic E-state index is 13.1. The Labute approximate surface area is 200 Å². The van der Waals surface area contributed by atoms with Crippen molar-refractivity contribution in [3.8, 4) is 0 Å². The van der Waals surface area contributed by atoms with E-state index in [0.717, 1.165) is 25.3 Å². The molecule has 0 bridgehead atoms. The van der Waals surface area contributed by atoms with Gasteiger partial charge in [0.05, 0.1) is 17.5 Å². The number of aliphatic hydroxyl groups is 1. The third-order valence-electron chi connectivity index (χ3n) is 5.85. The van der Waals surface area contributed by atoms with Gasteiger partial charge in [0.2, 0.25) is 15.9 Å². The van der Waals surface area contributed by atoms with E-state index in [4.69, 9.17) is 0 Å². The standard InChI is InChI=1S/C25H31N3O5S/c1-2-24(30)27-21-16-22(18-29)28(17-21)34(32,33)23-13-11-20(12-14-23)25(31)26-15-7-6-10-19-8-4-3-5-9-19/h2-5,8-9,11-14,21-22,29H,1,6-7,10,15-18H2,(H,26,31)(H,27,30). The van der Waals surface area contributed by atoms with Gasteiger partial charge in [0, 0.05) is 24.7 Å². The van der Waals surface area contributed by atoms with Gasteiger partial charge in [-0.1, -0.05) is 36.9 Å². The third-order valence-corrected chi connectivity index (χ3v) is 7.78. The SMILES string of the molecule is C=CC(=O)NC1CC(CO)N(S(=O)(=O)c2ccc(C(=O)NCCCCc3ccccc3)cc2)C1. The van der Waals surface area contributed by atoms with Gasteiger partial charge >= 0.3 is 0 Å². The third kappa shape index (κ3) is 6.53. The number of hydrogen-bond acceptors (Lipinski definition) is 5. The molecular weight excluding hydrogens is 454 g/mol. The highest BCUT2D eigenvalue weighted by molar-refractivity contribution is 7.89. The molecule has 0 aromatic heterocycles. The number of carbonyl (C=O) groups excluding carboxylic acids is 2. The zero-order valence-corrected chi connectivity index (χ0v) is 19.8. The van der Waals surface area contributed by atoms with Crippen LogP contribution in [0.4, 0.5) is 0 Å². The molecule has 34 heavy (non-hydrogen) atoms. The number of benzene rings is 2. The van der Waals surface area contributed by atoms with Gasteiger partial charge < -0.3 is 15.7 Å². The van der Waals surface area contributed by atoms with Crippen molar-refractivity contribution in [3.63, 3.8) is 0 Å². The maximum Gasteiger partial charge on any atom is 0.251 e. The summed E-state index contributed by atoms with van der Waals surface area (Å²) >= 11 is 0. The number of aryl methyl sites for hydroxylation is 1. The van der Waals surface area contributed by atoms with E-state index in [1.54, 1.807) is 0 Å². The highest BCUT2D eigenvalue weighted by Crippen LogP contribution is 2.26. The molecule has 2 unspecified atom stereocenters. The lowest BCUT2D eigenvalue weighted by Gasteiger charge is -2.22. The molecule has 1 saturated heterocycles. The number of sulfonamides is 1. The fourth-order valence-corrected chi connectivity index (χ4v) is 5.70. The summed E-state index contributed by atoms with van der Waals surface area (Å²) in [5.41, 5.74) is 1.64. The van der Waals surface area contributed by atoms with Crippen LogP contribution in [0.3, 0.4) is 0 Å². The van der Waals surface area contributed by atoms with Gasteiger partial charge in [-0.3, -0.25) is 9.59 Å². The first kappa shape index (κ1) is 25.6. The minimum Gasteiger partial charge on any atom is -0.395 e. The average Bonchev–Trinajstić information content (AvgIpc) is 3.28. The smallest absolute Gasteiger partial charge is 0.251 e. The van der Waals surface area contributed by atoms with E-state index in [0.29, 0.717) is 18.5 Å². The Morgan fingerprint density at radius 2 is 1.79 bits per heavy atom. The molecule has 3 N–H and O–H groups in total. The summed E-state index contributed by atoms with van der Waals surface area (Å²) in [6, 6.07) is 14.8. The molecule has 0 spiro atoms. The lowest BCUT2D eigenvalue weighted by Crippen LogP contribution is -2.39. The highest BCUT2D eigenvalue weighted by Gasteiger charge is 2.40. The first-order valence-corrected chi connectivity index (χ1v) is 12.8. The van der Waals surface area contributed by atoms with Crippen LogP contribution in [0.25, 0.3) is 0 Å². The van der Waals surface area contributed by atoms with Crippen molar-refractivity contribution in [2.24, 2.45) is 0 Å². The fourth-order valence-electron chi connectivity index (χ4n) is 4.03. The normalized spacial score (nSPS) is 18.4. The molecule has 8 nitrogen and oxygen atoms in total. The van der Waals surface area contributed by atoms with Crippen LogP contribution in [-0.4, -0.2) is 61.4 Å². The van der Waals surface area contributed by atoms with Gasteiger partial charge in [0.1, 0.15) is 0 Å². The van der Waals surface area contributed by atoms with Crippen LogP contribution in [0.1, 0.15) is 35.2 Å². The number of amides is 2. The summed E-state index contributed by atoms with van der Waals surface area (Å²) in [6.07, 6.45) is 4.18. The fraction of sp³-hybridized carbons (Fsp3) is 0.360. The maximum absolute atomic E-state index is 13.1. The van der Waals surface area contributed by atoms with Crippen molar-refractivity contribution < 1.29 is 23.1 Å². The number of carbonyl (C=O) groups is 2. The second kappa shape index (κ2) is 11.9. The predicted molar refractivity (Wildman–Crippen MR) is 130 cm³/mol. The first-order valence-electron chi connectivity index (χ1n) is 11.3. The number of hydrogen-bond donors (Lipinski definition) is 3. The van der Waals surface area contributed by atoms with Gasteiger partial charge in [0.25, 0.3) is 5.91 Å². The number of aliphatic hydroxyl groups excluding tert-OH is 1. The van der Waals surface area contributed by atoms with Crippen LogP contribution in [0.2, 0.25) is 0 Å². The van der Waals surface area contributed by atoms with E-state index >= 15 is 0 Å². The number of nitrogens with zero attached hydrogens (tertiary/aromatic N) is 1. The molecule has 3 rings (SSSR count). The van der Waals surface area contributed by atoms with Crippen molar-refractivity contribution in [2.75, 3.05) is 19.7 Å². The van der Waals surface area contributed by atoms with E-state index in [9.17, 15) is 23.1 Å². The molecule has 0 saturated carbocycles. The van der Waals surface area contributed by atoms with Crippen molar-refractivity contribution >= 4 is 21.8 Å². The van der Waals surface area contributed by atoms with Crippen molar-refractivity contribution in [2.45, 2.75) is 42.7 Å². The number of rotatable bonds is 11. The summed E-state index contributed by atoms with van der Waals surface area (Å²) in [5, 5.41) is 15.2. The summed E-state index contributed by atoms with van der Waals surface area (Å²) in [4.78, 5) is 24.0. The summed E-state index contributed by atoms with van der Waals surface area (Å²) in [7, 11) is -3.90. The van der Waals surface area contributed by atoms with E-state index < -0.39 is 28.0 Å². The molecule has 1 heterocycles. The van der Waals surface area contributed by atoms with Crippen LogP contribution >= 0.6 is 0 Å². The molecule has 2 aromatic rings. The van der Waals surface area contributed by atoms with Gasteiger partial charge in [-0.15, -0.1) is 0 Å². The van der Waals surface area contributed by atoms with Crippen molar-refractivity contribution in [1.29, 1.82) is 0 Å². The number of unbranched alkanes of at least 4 members (excludes halogenated alkanes) is 1. The van der Waals surface area contributed by atoms with E-state index in [1.807, 2.05) is 18.2 Å². The summed E-state index contributed by atoms with van der Waals surface area (Å²) < 4.78 is 27.5. The van der Waals surface area contributed by atoms with Gasteiger partial charge in [-0.05, 0) is 61.6 Å². The monoisotopic (exact) mass is 485 g/mol. The van der Waals surface area contributed by atoms with Crippen molar-refractivity contribution in [1.82, 2.24) is 14.9 Å². The Hall–Kier alpha value is -3.01.